The second-order valence-corrected chi connectivity index (χ2v) is 13.4. The van der Waals surface area contributed by atoms with Gasteiger partial charge in [-0.25, -0.2) is 4.68 Å². The van der Waals surface area contributed by atoms with Gasteiger partial charge in [0.05, 0.1) is 23.5 Å². The Morgan fingerprint density at radius 2 is 1.70 bits per heavy atom. The molecule has 2 amide bonds. The molecule has 1 N–H and O–H groups in total. The van der Waals surface area contributed by atoms with Gasteiger partial charge in [-0.15, -0.1) is 11.3 Å². The van der Waals surface area contributed by atoms with Crippen molar-refractivity contribution in [2.75, 3.05) is 11.9 Å². The molecular weight excluding hydrogens is 565 g/mol. The quantitative estimate of drug-likeness (QED) is 0.223. The third-order valence-electron chi connectivity index (χ3n) is 7.69. The van der Waals surface area contributed by atoms with E-state index in [-0.39, 0.29) is 17.2 Å². The standard InChI is InChI=1S/C27H32N4O2S.C10H16/c1-7-18(3)26(33)30-13-12-20-21(16-34-22(20)15-30)25(32)28-24-14-23(27(4,5)6)29-31(24)19-10-8-17(2)9-11-19;1-5-6-7-8-10(4)9(2)3/h7-11,14,16H,12-13,15H2,1-6H3,(H,28,32);5-8H,1-4H3/b18-7+;6-5-,8-7-. The average molecular weight is 613 g/mol. The third-order valence-corrected chi connectivity index (χ3v) is 8.70. The van der Waals surface area contributed by atoms with Crippen molar-refractivity contribution in [2.45, 2.75) is 87.6 Å². The van der Waals surface area contributed by atoms with E-state index in [9.17, 15) is 9.59 Å². The summed E-state index contributed by atoms with van der Waals surface area (Å²) in [6.45, 7) is 21.6. The molecule has 0 unspecified atom stereocenters. The highest BCUT2D eigenvalue weighted by Crippen LogP contribution is 2.31. The first kappa shape index (κ1) is 34.5. The van der Waals surface area contributed by atoms with Crippen LogP contribution in [0.4, 0.5) is 5.82 Å². The number of aryl methyl sites for hydroxylation is 1. The molecule has 1 aliphatic rings. The second kappa shape index (κ2) is 15.2. The first-order chi connectivity index (χ1) is 20.8. The van der Waals surface area contributed by atoms with Crippen LogP contribution in [0.25, 0.3) is 5.69 Å². The number of thiophene rings is 1. The van der Waals surface area contributed by atoms with Gasteiger partial charge in [0.25, 0.3) is 5.91 Å². The van der Waals surface area contributed by atoms with Crippen LogP contribution in [0.15, 0.2) is 82.8 Å². The van der Waals surface area contributed by atoms with Gasteiger partial charge in [0.15, 0.2) is 0 Å². The number of fused-ring (bicyclic) bond motifs is 1. The van der Waals surface area contributed by atoms with Crippen LogP contribution in [0.2, 0.25) is 0 Å². The first-order valence-corrected chi connectivity index (χ1v) is 16.1. The summed E-state index contributed by atoms with van der Waals surface area (Å²) in [6, 6.07) is 10.1. The minimum absolute atomic E-state index is 0.0595. The highest BCUT2D eigenvalue weighted by atomic mass is 32.1. The molecular formula is C37H48N4O2S. The van der Waals surface area contributed by atoms with Crippen molar-refractivity contribution in [1.82, 2.24) is 14.7 Å². The zero-order valence-electron chi connectivity index (χ0n) is 28.0. The van der Waals surface area contributed by atoms with E-state index in [0.717, 1.165) is 27.4 Å². The number of allylic oxidation sites excluding steroid dienone is 7. The van der Waals surface area contributed by atoms with Crippen molar-refractivity contribution in [3.05, 3.63) is 110 Å². The van der Waals surface area contributed by atoms with E-state index in [0.29, 0.717) is 30.9 Å². The lowest BCUT2D eigenvalue weighted by Crippen LogP contribution is -2.36. The lowest BCUT2D eigenvalue weighted by atomic mass is 9.92. The van der Waals surface area contributed by atoms with E-state index in [1.807, 2.05) is 86.5 Å². The molecule has 44 heavy (non-hydrogen) atoms. The smallest absolute Gasteiger partial charge is 0.257 e. The van der Waals surface area contributed by atoms with Crippen molar-refractivity contribution in [3.8, 4) is 5.69 Å². The number of amides is 2. The lowest BCUT2D eigenvalue weighted by Gasteiger charge is -2.27. The third kappa shape index (κ3) is 8.79. The minimum Gasteiger partial charge on any atom is -0.333 e. The Kier molecular flexibility index (Phi) is 11.9. The molecule has 0 atom stereocenters. The van der Waals surface area contributed by atoms with Gasteiger partial charge in [0, 0.05) is 33.9 Å². The minimum atomic E-state index is -0.155. The normalized spacial score (nSPS) is 13.5. The zero-order chi connectivity index (χ0) is 32.6. The summed E-state index contributed by atoms with van der Waals surface area (Å²) in [5.41, 5.74) is 8.01. The van der Waals surface area contributed by atoms with Gasteiger partial charge in [0.2, 0.25) is 5.91 Å². The Morgan fingerprint density at radius 1 is 1.02 bits per heavy atom. The topological polar surface area (TPSA) is 67.2 Å². The van der Waals surface area contributed by atoms with Crippen LogP contribution in [-0.2, 0) is 23.2 Å². The van der Waals surface area contributed by atoms with Gasteiger partial charge in [-0.2, -0.15) is 5.10 Å². The molecule has 3 aromatic rings. The fourth-order valence-corrected chi connectivity index (χ4v) is 5.54. The molecule has 1 aliphatic heterocycles. The van der Waals surface area contributed by atoms with Gasteiger partial charge in [-0.1, -0.05) is 80.0 Å². The predicted octanol–water partition coefficient (Wildman–Crippen LogP) is 9.12. The zero-order valence-corrected chi connectivity index (χ0v) is 28.9. The molecule has 0 bridgehead atoms. The van der Waals surface area contributed by atoms with Crippen LogP contribution in [-0.4, -0.2) is 33.0 Å². The van der Waals surface area contributed by atoms with Crippen LogP contribution in [0.3, 0.4) is 0 Å². The summed E-state index contributed by atoms with van der Waals surface area (Å²) in [4.78, 5) is 28.9. The van der Waals surface area contributed by atoms with E-state index >= 15 is 0 Å². The van der Waals surface area contributed by atoms with Gasteiger partial charge >= 0.3 is 0 Å². The molecule has 0 aliphatic carbocycles. The Hall–Kier alpha value is -3.97. The number of nitrogens with one attached hydrogen (secondary N) is 1. The number of carbonyl (C=O) groups is 2. The summed E-state index contributed by atoms with van der Waals surface area (Å²) >= 11 is 1.55. The number of carbonyl (C=O) groups excluding carboxylic acids is 2. The fraction of sp³-hybridized carbons (Fsp3) is 0.378. The summed E-state index contributed by atoms with van der Waals surface area (Å²) in [7, 11) is 0. The molecule has 2 aromatic heterocycles. The molecule has 0 fully saturated rings. The maximum atomic E-state index is 13.4. The first-order valence-electron chi connectivity index (χ1n) is 15.2. The molecule has 6 nitrogen and oxygen atoms in total. The van der Waals surface area contributed by atoms with E-state index in [2.05, 4.69) is 59.0 Å². The van der Waals surface area contributed by atoms with Crippen molar-refractivity contribution in [2.24, 2.45) is 0 Å². The molecule has 0 saturated carbocycles. The predicted molar refractivity (Wildman–Crippen MR) is 186 cm³/mol. The molecule has 3 heterocycles. The van der Waals surface area contributed by atoms with Crippen LogP contribution in [0.5, 0.6) is 0 Å². The van der Waals surface area contributed by atoms with Crippen molar-refractivity contribution >= 4 is 29.0 Å². The van der Waals surface area contributed by atoms with E-state index in [1.165, 1.54) is 16.7 Å². The van der Waals surface area contributed by atoms with Gasteiger partial charge in [0.1, 0.15) is 5.82 Å². The number of rotatable bonds is 6. The number of aromatic nitrogens is 2. The Morgan fingerprint density at radius 3 is 2.30 bits per heavy atom. The highest BCUT2D eigenvalue weighted by molar-refractivity contribution is 7.10. The SMILES string of the molecule is C/C=C(\C)C(=O)N1CCc2c(C(=O)Nc3cc(C(C)(C)C)nn3-c3ccc(C)cc3)csc2C1.C/C=C\C=C/C(C)=C(C)C. The average Bonchev–Trinajstić information content (AvgIpc) is 3.61. The van der Waals surface area contributed by atoms with Crippen molar-refractivity contribution in [1.29, 1.82) is 0 Å². The molecule has 7 heteroatoms. The van der Waals surface area contributed by atoms with Crippen molar-refractivity contribution in [3.63, 3.8) is 0 Å². The van der Waals surface area contributed by atoms with Crippen LogP contribution in [0.1, 0.15) is 94.4 Å². The lowest BCUT2D eigenvalue weighted by molar-refractivity contribution is -0.127. The molecule has 0 radical (unpaired) electrons. The van der Waals surface area contributed by atoms with E-state index < -0.39 is 0 Å². The van der Waals surface area contributed by atoms with Crippen molar-refractivity contribution < 1.29 is 9.59 Å². The maximum absolute atomic E-state index is 13.4. The summed E-state index contributed by atoms with van der Waals surface area (Å²) in [5.74, 6) is 0.565. The number of hydrogen-bond acceptors (Lipinski definition) is 4. The molecule has 0 spiro atoms. The Bertz CT molecular complexity index is 1590. The molecule has 0 saturated heterocycles. The number of nitrogens with zero attached hydrogens (tertiary/aromatic N) is 3. The van der Waals surface area contributed by atoms with Crippen LogP contribution in [0, 0.1) is 6.92 Å². The number of benzene rings is 1. The van der Waals surface area contributed by atoms with Gasteiger partial charge in [-0.3, -0.25) is 9.59 Å². The molecule has 234 valence electrons. The largest absolute Gasteiger partial charge is 0.333 e. The fourth-order valence-electron chi connectivity index (χ4n) is 4.45. The Labute approximate surface area is 267 Å². The summed E-state index contributed by atoms with van der Waals surface area (Å²) in [5, 5.41) is 9.83. The number of anilines is 1. The molecule has 4 rings (SSSR count). The molecule has 1 aromatic carbocycles. The van der Waals surface area contributed by atoms with Gasteiger partial charge < -0.3 is 10.2 Å². The maximum Gasteiger partial charge on any atom is 0.257 e. The highest BCUT2D eigenvalue weighted by Gasteiger charge is 2.28. The number of hydrogen-bond donors (Lipinski definition) is 1. The second-order valence-electron chi connectivity index (χ2n) is 12.4. The monoisotopic (exact) mass is 612 g/mol. The Balaban J connectivity index is 0.000000456. The van der Waals surface area contributed by atoms with E-state index in [1.54, 1.807) is 16.0 Å². The summed E-state index contributed by atoms with van der Waals surface area (Å²) in [6.07, 6.45) is 10.8. The van der Waals surface area contributed by atoms with Crippen LogP contribution >= 0.6 is 11.3 Å². The van der Waals surface area contributed by atoms with E-state index in [4.69, 9.17) is 5.10 Å². The van der Waals surface area contributed by atoms with Gasteiger partial charge in [-0.05, 0) is 72.6 Å². The van der Waals surface area contributed by atoms with Crippen LogP contribution < -0.4 is 5.32 Å². The summed E-state index contributed by atoms with van der Waals surface area (Å²) < 4.78 is 1.80.